The van der Waals surface area contributed by atoms with Gasteiger partial charge in [0.15, 0.2) is 0 Å². The molecular weight excluding hydrogens is 430 g/mol. The number of piperidine rings is 1. The van der Waals surface area contributed by atoms with Crippen LogP contribution < -0.4 is 0 Å². The van der Waals surface area contributed by atoms with Crippen molar-refractivity contribution in [3.8, 4) is 11.4 Å². The van der Waals surface area contributed by atoms with Crippen molar-refractivity contribution in [1.29, 1.82) is 0 Å². The van der Waals surface area contributed by atoms with E-state index in [1.807, 2.05) is 31.2 Å². The third kappa shape index (κ3) is 4.58. The van der Waals surface area contributed by atoms with Crippen LogP contribution in [0, 0.1) is 6.92 Å². The Morgan fingerprint density at radius 1 is 1.09 bits per heavy atom. The molecule has 9 heteroatoms. The zero-order chi connectivity index (χ0) is 22.7. The number of benzene rings is 2. The van der Waals surface area contributed by atoms with Crippen LogP contribution in [0.25, 0.3) is 11.4 Å². The van der Waals surface area contributed by atoms with Crippen molar-refractivity contribution in [2.24, 2.45) is 0 Å². The molecule has 3 aromatic rings. The molecule has 0 aliphatic carbocycles. The molecule has 2 heterocycles. The van der Waals surface area contributed by atoms with Crippen molar-refractivity contribution in [2.45, 2.75) is 37.5 Å². The Balaban J connectivity index is 1.41. The Bertz CT molecular complexity index is 1180. The van der Waals surface area contributed by atoms with Gasteiger partial charge in [-0.15, -0.1) is 0 Å². The molecule has 1 aliphatic heterocycles. The minimum absolute atomic E-state index is 0.0133. The van der Waals surface area contributed by atoms with Crippen LogP contribution in [0.4, 0.5) is 0 Å². The number of esters is 1. The maximum Gasteiger partial charge on any atom is 0.338 e. The Morgan fingerprint density at radius 3 is 2.38 bits per heavy atom. The van der Waals surface area contributed by atoms with E-state index in [0.29, 0.717) is 43.2 Å². The Morgan fingerprint density at radius 2 is 1.75 bits per heavy atom. The first-order chi connectivity index (χ1) is 15.4. The first-order valence-corrected chi connectivity index (χ1v) is 12.0. The smallest absolute Gasteiger partial charge is 0.338 e. The second-order valence-corrected chi connectivity index (χ2v) is 9.68. The van der Waals surface area contributed by atoms with Crippen LogP contribution in [0.2, 0.25) is 0 Å². The van der Waals surface area contributed by atoms with E-state index in [4.69, 9.17) is 9.26 Å². The highest BCUT2D eigenvalue weighted by Crippen LogP contribution is 2.31. The molecule has 1 saturated heterocycles. The molecule has 1 aromatic heterocycles. The number of sulfonamides is 1. The van der Waals surface area contributed by atoms with Crippen molar-refractivity contribution in [3.05, 3.63) is 65.5 Å². The Kier molecular flexibility index (Phi) is 6.38. The number of carbonyl (C=O) groups is 1. The maximum atomic E-state index is 13.0. The number of aromatic nitrogens is 2. The minimum atomic E-state index is -3.65. The fraction of sp³-hybridized carbons (Fsp3) is 0.348. The summed E-state index contributed by atoms with van der Waals surface area (Å²) >= 11 is 0. The van der Waals surface area contributed by atoms with Crippen LogP contribution in [0.15, 0.2) is 57.9 Å². The molecule has 0 amide bonds. The summed E-state index contributed by atoms with van der Waals surface area (Å²) in [6.07, 6.45) is 1.19. The molecule has 1 aliphatic rings. The van der Waals surface area contributed by atoms with Crippen molar-refractivity contribution in [2.75, 3.05) is 19.7 Å². The molecule has 0 bridgehead atoms. The summed E-state index contributed by atoms with van der Waals surface area (Å²) in [7, 11) is -3.65. The maximum absolute atomic E-state index is 13.0. The van der Waals surface area contributed by atoms with Gasteiger partial charge in [0.25, 0.3) is 0 Å². The van der Waals surface area contributed by atoms with Crippen LogP contribution in [-0.4, -0.2) is 48.5 Å². The monoisotopic (exact) mass is 455 g/mol. The third-order valence-electron chi connectivity index (χ3n) is 5.56. The van der Waals surface area contributed by atoms with Crippen molar-refractivity contribution in [3.63, 3.8) is 0 Å². The van der Waals surface area contributed by atoms with Gasteiger partial charge in [-0.3, -0.25) is 0 Å². The molecule has 168 valence electrons. The molecule has 0 saturated carbocycles. The average Bonchev–Trinajstić information content (AvgIpc) is 3.30. The zero-order valence-corrected chi connectivity index (χ0v) is 18.8. The molecule has 0 radical (unpaired) electrons. The van der Waals surface area contributed by atoms with E-state index in [2.05, 4.69) is 10.1 Å². The lowest BCUT2D eigenvalue weighted by Crippen LogP contribution is -2.38. The number of hydrogen-bond acceptors (Lipinski definition) is 7. The zero-order valence-electron chi connectivity index (χ0n) is 18.0. The van der Waals surface area contributed by atoms with Gasteiger partial charge < -0.3 is 9.26 Å². The van der Waals surface area contributed by atoms with Gasteiger partial charge in [0.1, 0.15) is 0 Å². The molecule has 8 nitrogen and oxygen atoms in total. The summed E-state index contributed by atoms with van der Waals surface area (Å²) in [4.78, 5) is 16.5. The lowest BCUT2D eigenvalue weighted by atomic mass is 9.98. The SMILES string of the molecule is CCOC(=O)c1ccc(S(=O)(=O)N2CCC(c3nc(-c4ccc(C)cc4)no3)CC2)cc1. The van der Waals surface area contributed by atoms with Crippen molar-refractivity contribution < 1.29 is 22.5 Å². The fourth-order valence-corrected chi connectivity index (χ4v) is 5.16. The lowest BCUT2D eigenvalue weighted by Gasteiger charge is -2.29. The van der Waals surface area contributed by atoms with E-state index in [1.165, 1.54) is 28.6 Å². The highest BCUT2D eigenvalue weighted by molar-refractivity contribution is 7.89. The van der Waals surface area contributed by atoms with Gasteiger partial charge in [-0.2, -0.15) is 9.29 Å². The second-order valence-electron chi connectivity index (χ2n) is 7.75. The topological polar surface area (TPSA) is 103 Å². The number of nitrogens with zero attached hydrogens (tertiary/aromatic N) is 3. The van der Waals surface area contributed by atoms with Gasteiger partial charge in [-0.25, -0.2) is 13.2 Å². The third-order valence-corrected chi connectivity index (χ3v) is 7.47. The molecule has 0 spiro atoms. The van der Waals surface area contributed by atoms with Gasteiger partial charge in [0.2, 0.25) is 21.7 Å². The molecule has 32 heavy (non-hydrogen) atoms. The van der Waals surface area contributed by atoms with Crippen molar-refractivity contribution >= 4 is 16.0 Å². The normalized spacial score (nSPS) is 15.6. The molecule has 4 rings (SSSR count). The van der Waals surface area contributed by atoms with E-state index in [0.717, 1.165) is 11.1 Å². The van der Waals surface area contributed by atoms with Crippen LogP contribution >= 0.6 is 0 Å². The lowest BCUT2D eigenvalue weighted by molar-refractivity contribution is 0.0526. The number of carbonyl (C=O) groups excluding carboxylic acids is 1. The summed E-state index contributed by atoms with van der Waals surface area (Å²) in [6, 6.07) is 13.7. The van der Waals surface area contributed by atoms with Crippen LogP contribution in [0.5, 0.6) is 0 Å². The average molecular weight is 456 g/mol. The molecular formula is C23H25N3O5S. The van der Waals surface area contributed by atoms with E-state index in [9.17, 15) is 13.2 Å². The van der Waals surface area contributed by atoms with Crippen LogP contribution in [0.1, 0.15) is 47.5 Å². The van der Waals surface area contributed by atoms with E-state index in [-0.39, 0.29) is 17.4 Å². The van der Waals surface area contributed by atoms with Crippen molar-refractivity contribution in [1.82, 2.24) is 14.4 Å². The minimum Gasteiger partial charge on any atom is -0.462 e. The summed E-state index contributed by atoms with van der Waals surface area (Å²) in [5.74, 6) is 0.620. The van der Waals surface area contributed by atoms with Crippen LogP contribution in [-0.2, 0) is 14.8 Å². The molecule has 2 aromatic carbocycles. The summed E-state index contributed by atoms with van der Waals surface area (Å²) in [5, 5.41) is 4.09. The number of aryl methyl sites for hydroxylation is 1. The standard InChI is InChI=1S/C23H25N3O5S/c1-3-30-23(27)19-8-10-20(11-9-19)32(28,29)26-14-12-18(13-15-26)22-24-21(25-31-22)17-6-4-16(2)5-7-17/h4-11,18H,3,12-15H2,1-2H3. The van der Waals surface area contributed by atoms with Gasteiger partial charge in [-0.05, 0) is 51.0 Å². The first kappa shape index (κ1) is 22.2. The van der Waals surface area contributed by atoms with E-state index in [1.54, 1.807) is 6.92 Å². The molecule has 0 unspecified atom stereocenters. The predicted octanol–water partition coefficient (Wildman–Crippen LogP) is 3.79. The highest BCUT2D eigenvalue weighted by atomic mass is 32.2. The van der Waals surface area contributed by atoms with Gasteiger partial charge in [0, 0.05) is 24.6 Å². The molecule has 0 atom stereocenters. The van der Waals surface area contributed by atoms with Gasteiger partial charge in [0.05, 0.1) is 17.1 Å². The van der Waals surface area contributed by atoms with Gasteiger partial charge >= 0.3 is 5.97 Å². The number of ether oxygens (including phenoxy) is 1. The second kappa shape index (κ2) is 9.22. The predicted molar refractivity (Wildman–Crippen MR) is 118 cm³/mol. The molecule has 1 fully saturated rings. The summed E-state index contributed by atoms with van der Waals surface area (Å²) < 4.78 is 37.9. The van der Waals surface area contributed by atoms with Crippen LogP contribution in [0.3, 0.4) is 0 Å². The summed E-state index contributed by atoms with van der Waals surface area (Å²) in [5.41, 5.74) is 2.36. The molecule has 0 N–H and O–H groups in total. The van der Waals surface area contributed by atoms with E-state index >= 15 is 0 Å². The number of hydrogen-bond donors (Lipinski definition) is 0. The fourth-order valence-electron chi connectivity index (χ4n) is 3.69. The van der Waals surface area contributed by atoms with Gasteiger partial charge in [-0.1, -0.05) is 35.0 Å². The largest absolute Gasteiger partial charge is 0.462 e. The van der Waals surface area contributed by atoms with E-state index < -0.39 is 16.0 Å². The highest BCUT2D eigenvalue weighted by Gasteiger charge is 2.32. The Hall–Kier alpha value is -3.04. The Labute approximate surface area is 187 Å². The number of rotatable bonds is 6. The first-order valence-electron chi connectivity index (χ1n) is 10.6. The quantitative estimate of drug-likeness (QED) is 0.521. The summed E-state index contributed by atoms with van der Waals surface area (Å²) in [6.45, 7) is 4.71.